The number of nitrogens with zero attached hydrogens (tertiary/aromatic N) is 1. The van der Waals surface area contributed by atoms with E-state index in [1.54, 1.807) is 20.3 Å². The first kappa shape index (κ1) is 16.8. The number of pyridine rings is 2. The third-order valence-corrected chi connectivity index (χ3v) is 4.10. The predicted molar refractivity (Wildman–Crippen MR) is 98.7 cm³/mol. The summed E-state index contributed by atoms with van der Waals surface area (Å²) in [7, 11) is 3.09. The lowest BCUT2D eigenvalue weighted by molar-refractivity contribution is 0.366. The number of hydrogen-bond donors (Lipinski definition) is 2. The van der Waals surface area contributed by atoms with E-state index in [0.29, 0.717) is 29.6 Å². The maximum atomic E-state index is 12.4. The third kappa shape index (κ3) is 3.42. The van der Waals surface area contributed by atoms with E-state index in [1.165, 1.54) is 0 Å². The average Bonchev–Trinajstić information content (AvgIpc) is 2.59. The highest BCUT2D eigenvalue weighted by Crippen LogP contribution is 2.25. The first-order chi connectivity index (χ1) is 12.0. The summed E-state index contributed by atoms with van der Waals surface area (Å²) >= 11 is 0. The van der Waals surface area contributed by atoms with Crippen molar-refractivity contribution < 1.29 is 9.47 Å². The lowest BCUT2D eigenvalue weighted by Gasteiger charge is -2.12. The van der Waals surface area contributed by atoms with Crippen molar-refractivity contribution in [3.05, 3.63) is 57.4 Å². The minimum atomic E-state index is -0.106. The number of aromatic amines is 1. The number of aromatic nitrogens is 2. The number of hydrogen-bond acceptors (Lipinski definition) is 5. The molecule has 6 nitrogen and oxygen atoms in total. The average molecular weight is 339 g/mol. The van der Waals surface area contributed by atoms with Gasteiger partial charge in [-0.2, -0.15) is 4.98 Å². The van der Waals surface area contributed by atoms with E-state index < -0.39 is 0 Å². The summed E-state index contributed by atoms with van der Waals surface area (Å²) in [4.78, 5) is 19.6. The third-order valence-electron chi connectivity index (χ3n) is 4.10. The number of aryl methyl sites for hydroxylation is 2. The van der Waals surface area contributed by atoms with Gasteiger partial charge >= 0.3 is 0 Å². The molecular formula is C19H21N3O3. The van der Waals surface area contributed by atoms with E-state index in [0.717, 1.165) is 22.0 Å². The molecule has 3 aromatic rings. The van der Waals surface area contributed by atoms with Crippen molar-refractivity contribution in [3.63, 3.8) is 0 Å². The second-order valence-electron chi connectivity index (χ2n) is 5.93. The van der Waals surface area contributed by atoms with Gasteiger partial charge in [0.1, 0.15) is 0 Å². The lowest BCUT2D eigenvalue weighted by atomic mass is 10.0. The van der Waals surface area contributed by atoms with Crippen LogP contribution in [0.3, 0.4) is 0 Å². The highest BCUT2D eigenvalue weighted by Gasteiger charge is 2.09. The molecule has 0 saturated carbocycles. The Kier molecular flexibility index (Phi) is 4.61. The summed E-state index contributed by atoms with van der Waals surface area (Å²) < 4.78 is 10.4. The predicted octanol–water partition coefficient (Wildman–Crippen LogP) is 3.17. The highest BCUT2D eigenvalue weighted by molar-refractivity contribution is 5.83. The van der Waals surface area contributed by atoms with Crippen LogP contribution >= 0.6 is 0 Å². The molecule has 0 atom stereocenters. The second kappa shape index (κ2) is 6.84. The summed E-state index contributed by atoms with van der Waals surface area (Å²) in [5.41, 5.74) is 4.36. The zero-order chi connectivity index (χ0) is 18.0. The lowest BCUT2D eigenvalue weighted by Crippen LogP contribution is -2.16. The number of nitrogens with one attached hydrogen (secondary N) is 2. The Morgan fingerprint density at radius 2 is 1.92 bits per heavy atom. The fourth-order valence-electron chi connectivity index (χ4n) is 2.87. The zero-order valence-corrected chi connectivity index (χ0v) is 14.8. The molecule has 0 saturated heterocycles. The monoisotopic (exact) mass is 339 g/mol. The summed E-state index contributed by atoms with van der Waals surface area (Å²) in [5, 5.41) is 4.25. The smallest absolute Gasteiger partial charge is 0.253 e. The van der Waals surface area contributed by atoms with Crippen LogP contribution in [0.1, 0.15) is 16.7 Å². The maximum Gasteiger partial charge on any atom is 0.253 e. The van der Waals surface area contributed by atoms with E-state index >= 15 is 0 Å². The van der Waals surface area contributed by atoms with Gasteiger partial charge < -0.3 is 19.8 Å². The molecule has 2 heterocycles. The van der Waals surface area contributed by atoms with Crippen molar-refractivity contribution in [2.24, 2.45) is 0 Å². The van der Waals surface area contributed by atoms with E-state index in [9.17, 15) is 4.79 Å². The van der Waals surface area contributed by atoms with Crippen molar-refractivity contribution in [1.29, 1.82) is 0 Å². The molecule has 0 amide bonds. The molecule has 25 heavy (non-hydrogen) atoms. The largest absolute Gasteiger partial charge is 0.481 e. The van der Waals surface area contributed by atoms with Crippen molar-refractivity contribution in [1.82, 2.24) is 9.97 Å². The van der Waals surface area contributed by atoms with Gasteiger partial charge in [-0.05, 0) is 43.2 Å². The standard InChI is InChI=1S/C19H21N3O3/c1-11-7-12(2)14-9-13(18(23)21-16(14)8-11)10-20-15-5-6-17(24-3)22-19(15)25-4/h5-9,20H,10H2,1-4H3,(H,21,23). The Labute approximate surface area is 145 Å². The van der Waals surface area contributed by atoms with Crippen LogP contribution in [0.15, 0.2) is 35.1 Å². The molecule has 0 unspecified atom stereocenters. The number of ether oxygens (including phenoxy) is 2. The number of benzene rings is 1. The molecule has 0 aliphatic carbocycles. The molecule has 130 valence electrons. The molecule has 0 aliphatic heterocycles. The van der Waals surface area contributed by atoms with Crippen LogP contribution in [0, 0.1) is 13.8 Å². The number of methoxy groups -OCH3 is 2. The molecule has 1 aromatic carbocycles. The van der Waals surface area contributed by atoms with E-state index in [4.69, 9.17) is 9.47 Å². The summed E-state index contributed by atoms with van der Waals surface area (Å²) in [6, 6.07) is 9.57. The Hall–Kier alpha value is -3.02. The van der Waals surface area contributed by atoms with Gasteiger partial charge in [0.15, 0.2) is 0 Å². The van der Waals surface area contributed by atoms with Crippen molar-refractivity contribution >= 4 is 16.6 Å². The van der Waals surface area contributed by atoms with Crippen LogP contribution in [0.25, 0.3) is 10.9 Å². The van der Waals surface area contributed by atoms with Crippen LogP contribution in [0.4, 0.5) is 5.69 Å². The zero-order valence-electron chi connectivity index (χ0n) is 14.8. The fraction of sp³-hybridized carbons (Fsp3) is 0.263. The molecular weight excluding hydrogens is 318 g/mol. The molecule has 0 fully saturated rings. The maximum absolute atomic E-state index is 12.4. The fourth-order valence-corrected chi connectivity index (χ4v) is 2.87. The van der Waals surface area contributed by atoms with Crippen molar-refractivity contribution in [2.45, 2.75) is 20.4 Å². The highest BCUT2D eigenvalue weighted by atomic mass is 16.5. The Morgan fingerprint density at radius 3 is 2.64 bits per heavy atom. The van der Waals surface area contributed by atoms with Crippen LogP contribution in [-0.2, 0) is 6.54 Å². The topological polar surface area (TPSA) is 76.2 Å². The minimum Gasteiger partial charge on any atom is -0.481 e. The second-order valence-corrected chi connectivity index (χ2v) is 5.93. The summed E-state index contributed by atoms with van der Waals surface area (Å²) in [5.74, 6) is 0.889. The van der Waals surface area contributed by atoms with Gasteiger partial charge in [0.25, 0.3) is 5.56 Å². The van der Waals surface area contributed by atoms with E-state index in [2.05, 4.69) is 21.4 Å². The Morgan fingerprint density at radius 1 is 1.12 bits per heavy atom. The van der Waals surface area contributed by atoms with E-state index in [1.807, 2.05) is 32.0 Å². The van der Waals surface area contributed by atoms with Crippen molar-refractivity contribution in [2.75, 3.05) is 19.5 Å². The molecule has 2 aromatic heterocycles. The molecule has 6 heteroatoms. The van der Waals surface area contributed by atoms with Crippen LogP contribution in [0.2, 0.25) is 0 Å². The number of rotatable bonds is 5. The Bertz CT molecular complexity index is 980. The van der Waals surface area contributed by atoms with Gasteiger partial charge in [0, 0.05) is 29.1 Å². The molecule has 0 bridgehead atoms. The van der Waals surface area contributed by atoms with Gasteiger partial charge in [-0.3, -0.25) is 4.79 Å². The SMILES string of the molecule is COc1ccc(NCc2cc3c(C)cc(C)cc3[nH]c2=O)c(OC)n1. The molecule has 0 radical (unpaired) electrons. The summed E-state index contributed by atoms with van der Waals surface area (Å²) in [6.45, 7) is 4.42. The van der Waals surface area contributed by atoms with Gasteiger partial charge in [0.05, 0.1) is 19.9 Å². The van der Waals surface area contributed by atoms with Gasteiger partial charge in [-0.15, -0.1) is 0 Å². The molecule has 3 rings (SSSR count). The first-order valence-electron chi connectivity index (χ1n) is 7.98. The number of fused-ring (bicyclic) bond motifs is 1. The number of H-pyrrole nitrogens is 1. The minimum absolute atomic E-state index is 0.106. The first-order valence-corrected chi connectivity index (χ1v) is 7.98. The summed E-state index contributed by atoms with van der Waals surface area (Å²) in [6.07, 6.45) is 0. The van der Waals surface area contributed by atoms with Crippen LogP contribution < -0.4 is 20.3 Å². The Balaban J connectivity index is 1.91. The van der Waals surface area contributed by atoms with Crippen molar-refractivity contribution in [3.8, 4) is 11.8 Å². The molecule has 2 N–H and O–H groups in total. The molecule has 0 spiro atoms. The quantitative estimate of drug-likeness (QED) is 0.747. The number of anilines is 1. The van der Waals surface area contributed by atoms with Gasteiger partial charge in [-0.1, -0.05) is 6.07 Å². The van der Waals surface area contributed by atoms with E-state index in [-0.39, 0.29) is 5.56 Å². The van der Waals surface area contributed by atoms with Gasteiger partial charge in [0.2, 0.25) is 11.8 Å². The van der Waals surface area contributed by atoms with Crippen LogP contribution in [0.5, 0.6) is 11.8 Å². The molecule has 0 aliphatic rings. The van der Waals surface area contributed by atoms with Crippen LogP contribution in [-0.4, -0.2) is 24.2 Å². The van der Waals surface area contributed by atoms with Gasteiger partial charge in [-0.25, -0.2) is 0 Å². The normalized spacial score (nSPS) is 10.7.